The molecular weight excluding hydrogens is 300 g/mol. The summed E-state index contributed by atoms with van der Waals surface area (Å²) in [6.45, 7) is 2.60. The van der Waals surface area contributed by atoms with Gasteiger partial charge < -0.3 is 10.2 Å². The zero-order valence-corrected chi connectivity index (χ0v) is 14.0. The van der Waals surface area contributed by atoms with Crippen LogP contribution in [0.2, 0.25) is 0 Å². The molecule has 1 fully saturated rings. The third-order valence-electron chi connectivity index (χ3n) is 4.32. The highest BCUT2D eigenvalue weighted by atomic mass is 32.2. The molecule has 1 atom stereocenters. The molecule has 2 rings (SSSR count). The SMILES string of the molecule is CC(CNC(=O)C1CCS(=O)(=O)CC1)N(C)c1ccccc1. The second-order valence-corrected chi connectivity index (χ2v) is 8.27. The molecule has 122 valence electrons. The van der Waals surface area contributed by atoms with E-state index in [1.165, 1.54) is 0 Å². The summed E-state index contributed by atoms with van der Waals surface area (Å²) in [4.78, 5) is 14.3. The van der Waals surface area contributed by atoms with E-state index in [4.69, 9.17) is 0 Å². The van der Waals surface area contributed by atoms with Gasteiger partial charge in [-0.3, -0.25) is 4.79 Å². The predicted octanol–water partition coefficient (Wildman–Crippen LogP) is 1.45. The minimum atomic E-state index is -2.92. The van der Waals surface area contributed by atoms with Gasteiger partial charge in [0.05, 0.1) is 11.5 Å². The van der Waals surface area contributed by atoms with Gasteiger partial charge in [-0.2, -0.15) is 0 Å². The lowest BCUT2D eigenvalue weighted by molar-refractivity contribution is -0.125. The van der Waals surface area contributed by atoms with Crippen LogP contribution in [0.4, 0.5) is 5.69 Å². The molecule has 1 saturated heterocycles. The molecule has 1 unspecified atom stereocenters. The number of sulfone groups is 1. The third-order valence-corrected chi connectivity index (χ3v) is 6.04. The summed E-state index contributed by atoms with van der Waals surface area (Å²) >= 11 is 0. The Morgan fingerprint density at radius 1 is 1.27 bits per heavy atom. The van der Waals surface area contributed by atoms with Crippen LogP contribution in [0.5, 0.6) is 0 Å². The van der Waals surface area contributed by atoms with Crippen LogP contribution in [-0.4, -0.2) is 45.5 Å². The van der Waals surface area contributed by atoms with Gasteiger partial charge in [-0.15, -0.1) is 0 Å². The number of rotatable bonds is 5. The molecule has 1 heterocycles. The van der Waals surface area contributed by atoms with Crippen molar-refractivity contribution in [3.8, 4) is 0 Å². The molecule has 1 aromatic rings. The molecule has 6 heteroatoms. The molecule has 1 amide bonds. The molecule has 0 saturated carbocycles. The minimum absolute atomic E-state index is 0.0248. The fourth-order valence-electron chi connectivity index (χ4n) is 2.60. The number of para-hydroxylation sites is 1. The van der Waals surface area contributed by atoms with Gasteiger partial charge in [-0.1, -0.05) is 18.2 Å². The Morgan fingerprint density at radius 3 is 2.45 bits per heavy atom. The Balaban J connectivity index is 1.81. The van der Waals surface area contributed by atoms with Crippen molar-refractivity contribution in [1.29, 1.82) is 0 Å². The quantitative estimate of drug-likeness (QED) is 0.890. The van der Waals surface area contributed by atoms with E-state index >= 15 is 0 Å². The van der Waals surface area contributed by atoms with Crippen molar-refractivity contribution in [2.45, 2.75) is 25.8 Å². The number of likely N-dealkylation sites (N-methyl/N-ethyl adjacent to an activating group) is 1. The van der Waals surface area contributed by atoms with Gasteiger partial charge in [0.15, 0.2) is 0 Å². The van der Waals surface area contributed by atoms with Crippen molar-refractivity contribution >= 4 is 21.4 Å². The minimum Gasteiger partial charge on any atom is -0.370 e. The number of amides is 1. The number of nitrogens with one attached hydrogen (secondary N) is 1. The largest absolute Gasteiger partial charge is 0.370 e. The lowest BCUT2D eigenvalue weighted by atomic mass is 10.0. The summed E-state index contributed by atoms with van der Waals surface area (Å²) in [6, 6.07) is 10.2. The van der Waals surface area contributed by atoms with Gasteiger partial charge in [0.2, 0.25) is 5.91 Å². The molecule has 1 aliphatic rings. The molecular formula is C16H24N2O3S. The first kappa shape index (κ1) is 16.8. The van der Waals surface area contributed by atoms with Crippen molar-refractivity contribution in [2.75, 3.05) is 30.0 Å². The van der Waals surface area contributed by atoms with E-state index in [1.54, 1.807) is 0 Å². The maximum Gasteiger partial charge on any atom is 0.223 e. The van der Waals surface area contributed by atoms with Crippen LogP contribution >= 0.6 is 0 Å². The average molecular weight is 324 g/mol. The lowest BCUT2D eigenvalue weighted by Crippen LogP contribution is -2.43. The molecule has 0 aromatic heterocycles. The average Bonchev–Trinajstić information content (AvgIpc) is 2.52. The van der Waals surface area contributed by atoms with E-state index < -0.39 is 9.84 Å². The van der Waals surface area contributed by atoms with Gasteiger partial charge in [-0.25, -0.2) is 8.42 Å². The van der Waals surface area contributed by atoms with Crippen molar-refractivity contribution in [2.24, 2.45) is 5.92 Å². The maximum atomic E-state index is 12.1. The summed E-state index contributed by atoms with van der Waals surface area (Å²) in [5.74, 6) is 0.0655. The maximum absolute atomic E-state index is 12.1. The lowest BCUT2D eigenvalue weighted by Gasteiger charge is -2.28. The number of benzene rings is 1. The van der Waals surface area contributed by atoms with Crippen LogP contribution in [0, 0.1) is 5.92 Å². The highest BCUT2D eigenvalue weighted by Crippen LogP contribution is 2.19. The van der Waals surface area contributed by atoms with Crippen molar-refractivity contribution < 1.29 is 13.2 Å². The molecule has 1 aromatic carbocycles. The zero-order valence-electron chi connectivity index (χ0n) is 13.2. The van der Waals surface area contributed by atoms with Crippen LogP contribution in [0.25, 0.3) is 0 Å². The molecule has 0 spiro atoms. The fraction of sp³-hybridized carbons (Fsp3) is 0.562. The zero-order chi connectivity index (χ0) is 16.2. The second-order valence-electron chi connectivity index (χ2n) is 5.97. The van der Waals surface area contributed by atoms with E-state index in [0.717, 1.165) is 5.69 Å². The molecule has 0 aliphatic carbocycles. The summed E-state index contributed by atoms with van der Waals surface area (Å²) < 4.78 is 22.8. The van der Waals surface area contributed by atoms with Crippen LogP contribution in [0.1, 0.15) is 19.8 Å². The van der Waals surface area contributed by atoms with Gasteiger partial charge >= 0.3 is 0 Å². The summed E-state index contributed by atoms with van der Waals surface area (Å²) in [7, 11) is -0.919. The smallest absolute Gasteiger partial charge is 0.223 e. The van der Waals surface area contributed by atoms with Crippen LogP contribution < -0.4 is 10.2 Å². The summed E-state index contributed by atoms with van der Waals surface area (Å²) in [5, 5.41) is 2.95. The highest BCUT2D eigenvalue weighted by Gasteiger charge is 2.28. The van der Waals surface area contributed by atoms with Crippen molar-refractivity contribution in [1.82, 2.24) is 5.32 Å². The van der Waals surface area contributed by atoms with Crippen LogP contribution in [-0.2, 0) is 14.6 Å². The molecule has 0 bridgehead atoms. The van der Waals surface area contributed by atoms with Gasteiger partial charge in [0.1, 0.15) is 9.84 Å². The predicted molar refractivity (Wildman–Crippen MR) is 88.7 cm³/mol. The summed E-state index contributed by atoms with van der Waals surface area (Å²) in [6.07, 6.45) is 0.883. The highest BCUT2D eigenvalue weighted by molar-refractivity contribution is 7.91. The molecule has 1 N–H and O–H groups in total. The first-order chi connectivity index (χ1) is 10.4. The third kappa shape index (κ3) is 4.47. The number of nitrogens with zero attached hydrogens (tertiary/aromatic N) is 1. The number of anilines is 1. The first-order valence-corrected chi connectivity index (χ1v) is 9.47. The normalized spacial score (nSPS) is 19.4. The Bertz CT molecular complexity index is 587. The number of hydrogen-bond donors (Lipinski definition) is 1. The number of carbonyl (C=O) groups is 1. The Labute approximate surface area is 132 Å². The molecule has 1 aliphatic heterocycles. The Kier molecular flexibility index (Phi) is 5.45. The summed E-state index contributed by atoms with van der Waals surface area (Å²) in [5.41, 5.74) is 1.10. The van der Waals surface area contributed by atoms with E-state index in [9.17, 15) is 13.2 Å². The monoisotopic (exact) mass is 324 g/mol. The van der Waals surface area contributed by atoms with Crippen LogP contribution in [0.15, 0.2) is 30.3 Å². The van der Waals surface area contributed by atoms with Gasteiger partial charge in [0, 0.05) is 31.2 Å². The molecule has 0 radical (unpaired) electrons. The van der Waals surface area contributed by atoms with Crippen molar-refractivity contribution in [3.63, 3.8) is 0 Å². The van der Waals surface area contributed by atoms with Gasteiger partial charge in [-0.05, 0) is 31.9 Å². The number of carbonyl (C=O) groups excluding carboxylic acids is 1. The fourth-order valence-corrected chi connectivity index (χ4v) is 4.09. The van der Waals surface area contributed by atoms with Crippen molar-refractivity contribution in [3.05, 3.63) is 30.3 Å². The van der Waals surface area contributed by atoms with E-state index in [1.807, 2.05) is 37.4 Å². The van der Waals surface area contributed by atoms with Gasteiger partial charge in [0.25, 0.3) is 0 Å². The molecule has 22 heavy (non-hydrogen) atoms. The van der Waals surface area contributed by atoms with Crippen LogP contribution in [0.3, 0.4) is 0 Å². The Hall–Kier alpha value is -1.56. The topological polar surface area (TPSA) is 66.5 Å². The standard InChI is InChI=1S/C16H24N2O3S/c1-13(18(2)15-6-4-3-5-7-15)12-17-16(19)14-8-10-22(20,21)11-9-14/h3-7,13-14H,8-12H2,1-2H3,(H,17,19). The Morgan fingerprint density at radius 2 is 1.86 bits per heavy atom. The number of hydrogen-bond acceptors (Lipinski definition) is 4. The first-order valence-electron chi connectivity index (χ1n) is 7.65. The van der Waals surface area contributed by atoms with E-state index in [2.05, 4.69) is 17.1 Å². The molecule has 5 nitrogen and oxygen atoms in total. The second kappa shape index (κ2) is 7.13. The van der Waals surface area contributed by atoms with E-state index in [0.29, 0.717) is 19.4 Å². The van der Waals surface area contributed by atoms with E-state index in [-0.39, 0.29) is 29.4 Å².